The van der Waals surface area contributed by atoms with E-state index in [9.17, 15) is 0 Å². The van der Waals surface area contributed by atoms with Crippen LogP contribution in [0.25, 0.3) is 0 Å². The number of rotatable bonds is 6. The van der Waals surface area contributed by atoms with Crippen LogP contribution >= 0.6 is 23.7 Å². The van der Waals surface area contributed by atoms with E-state index >= 15 is 0 Å². The molecule has 0 aliphatic rings. The zero-order chi connectivity index (χ0) is 12.1. The van der Waals surface area contributed by atoms with Crippen molar-refractivity contribution in [1.29, 1.82) is 0 Å². The van der Waals surface area contributed by atoms with E-state index in [1.54, 1.807) is 0 Å². The number of thiophene rings is 1. The van der Waals surface area contributed by atoms with Crippen molar-refractivity contribution in [2.45, 2.75) is 33.2 Å². The first-order chi connectivity index (χ1) is 8.25. The molecule has 0 radical (unpaired) electrons. The van der Waals surface area contributed by atoms with Gasteiger partial charge in [0.25, 0.3) is 0 Å². The Morgan fingerprint density at radius 1 is 1.33 bits per heavy atom. The minimum absolute atomic E-state index is 0. The first-order valence-corrected chi connectivity index (χ1v) is 6.82. The molecule has 18 heavy (non-hydrogen) atoms. The van der Waals surface area contributed by atoms with Crippen LogP contribution in [0.4, 0.5) is 0 Å². The normalized spacial score (nSPS) is 10.3. The monoisotopic (exact) mass is 285 g/mol. The third-order valence-electron chi connectivity index (χ3n) is 2.83. The van der Waals surface area contributed by atoms with Crippen LogP contribution in [-0.4, -0.2) is 16.7 Å². The van der Waals surface area contributed by atoms with Crippen LogP contribution in [0.3, 0.4) is 0 Å². The average Bonchev–Trinajstić information content (AvgIpc) is 2.88. The lowest BCUT2D eigenvalue weighted by atomic mass is 10.1. The quantitative estimate of drug-likeness (QED) is 0.800. The minimum Gasteiger partial charge on any atom is -0.312 e. The van der Waals surface area contributed by atoms with Crippen LogP contribution in [0.2, 0.25) is 0 Å². The van der Waals surface area contributed by atoms with Crippen LogP contribution < -0.4 is 5.32 Å². The minimum atomic E-state index is 0. The molecule has 0 fully saturated rings. The van der Waals surface area contributed by atoms with Crippen molar-refractivity contribution in [3.63, 3.8) is 0 Å². The van der Waals surface area contributed by atoms with Crippen LogP contribution in [0, 0.1) is 13.8 Å². The number of hydrogen-bond donors (Lipinski definition) is 2. The van der Waals surface area contributed by atoms with E-state index in [2.05, 4.69) is 41.5 Å². The molecule has 2 aromatic heterocycles. The summed E-state index contributed by atoms with van der Waals surface area (Å²) in [7, 11) is 0. The number of nitrogens with one attached hydrogen (secondary N) is 2. The van der Waals surface area contributed by atoms with Gasteiger partial charge in [-0.25, -0.2) is 0 Å². The van der Waals surface area contributed by atoms with Gasteiger partial charge >= 0.3 is 0 Å². The van der Waals surface area contributed by atoms with Crippen molar-refractivity contribution in [2.24, 2.45) is 0 Å². The van der Waals surface area contributed by atoms with Gasteiger partial charge in [0.2, 0.25) is 0 Å². The van der Waals surface area contributed by atoms with E-state index < -0.39 is 0 Å². The van der Waals surface area contributed by atoms with E-state index in [0.29, 0.717) is 0 Å². The second-order valence-electron chi connectivity index (χ2n) is 4.31. The second-order valence-corrected chi connectivity index (χ2v) is 5.69. The van der Waals surface area contributed by atoms with Gasteiger partial charge in [-0.05, 0) is 50.9 Å². The molecular formula is C13H20ClN3S. The lowest BCUT2D eigenvalue weighted by molar-refractivity contribution is 0.653. The van der Waals surface area contributed by atoms with Gasteiger partial charge in [0, 0.05) is 22.0 Å². The molecule has 0 amide bonds. The highest BCUT2D eigenvalue weighted by Crippen LogP contribution is 2.14. The van der Waals surface area contributed by atoms with Gasteiger partial charge in [-0.2, -0.15) is 5.10 Å². The predicted octanol–water partition coefficient (Wildman–Crippen LogP) is 3.23. The molecule has 0 saturated heterocycles. The Labute approximate surface area is 118 Å². The summed E-state index contributed by atoms with van der Waals surface area (Å²) in [6.45, 7) is 6.27. The molecule has 0 saturated carbocycles. The lowest BCUT2D eigenvalue weighted by Crippen LogP contribution is -2.14. The van der Waals surface area contributed by atoms with Gasteiger partial charge in [0.1, 0.15) is 0 Å². The molecule has 0 aromatic carbocycles. The molecule has 0 spiro atoms. The number of nitrogens with zero attached hydrogens (tertiary/aromatic N) is 1. The number of aryl methyl sites for hydroxylation is 3. The fourth-order valence-corrected chi connectivity index (χ4v) is 2.68. The third kappa shape index (κ3) is 4.44. The van der Waals surface area contributed by atoms with Gasteiger partial charge in [-0.15, -0.1) is 23.7 Å². The van der Waals surface area contributed by atoms with Crippen molar-refractivity contribution < 1.29 is 0 Å². The number of aromatic amines is 1. The van der Waals surface area contributed by atoms with Gasteiger partial charge < -0.3 is 5.32 Å². The molecule has 0 atom stereocenters. The molecule has 2 heterocycles. The van der Waals surface area contributed by atoms with Crippen molar-refractivity contribution in [3.8, 4) is 0 Å². The van der Waals surface area contributed by atoms with Crippen molar-refractivity contribution in [3.05, 3.63) is 39.3 Å². The fourth-order valence-electron chi connectivity index (χ4n) is 1.82. The third-order valence-corrected chi connectivity index (χ3v) is 3.83. The number of hydrogen-bond acceptors (Lipinski definition) is 3. The van der Waals surface area contributed by atoms with Crippen molar-refractivity contribution in [2.75, 3.05) is 6.54 Å². The molecule has 2 aromatic rings. The van der Waals surface area contributed by atoms with Crippen LogP contribution in [0.5, 0.6) is 0 Å². The van der Waals surface area contributed by atoms with Crippen LogP contribution in [0.15, 0.2) is 18.3 Å². The molecule has 0 aliphatic heterocycles. The van der Waals surface area contributed by atoms with Gasteiger partial charge in [0.15, 0.2) is 0 Å². The zero-order valence-corrected chi connectivity index (χ0v) is 12.5. The SMILES string of the molecule is Cc1ccc(CNCCCc2cn[nH]c2C)s1.Cl. The van der Waals surface area contributed by atoms with E-state index in [1.165, 1.54) is 21.0 Å². The molecule has 3 nitrogen and oxygen atoms in total. The number of aromatic nitrogens is 2. The fraction of sp³-hybridized carbons (Fsp3) is 0.462. The van der Waals surface area contributed by atoms with E-state index in [4.69, 9.17) is 0 Å². The van der Waals surface area contributed by atoms with Crippen molar-refractivity contribution >= 4 is 23.7 Å². The standard InChI is InChI=1S/C13H19N3S.ClH/c1-10-5-6-13(17-10)9-14-7-3-4-12-8-15-16-11(12)2;/h5-6,8,14H,3-4,7,9H2,1-2H3,(H,15,16);1H. The summed E-state index contributed by atoms with van der Waals surface area (Å²) >= 11 is 1.87. The largest absolute Gasteiger partial charge is 0.312 e. The molecule has 100 valence electrons. The predicted molar refractivity (Wildman–Crippen MR) is 79.7 cm³/mol. The summed E-state index contributed by atoms with van der Waals surface area (Å²) in [5, 5.41) is 10.5. The molecular weight excluding hydrogens is 266 g/mol. The molecule has 5 heteroatoms. The number of halogens is 1. The topological polar surface area (TPSA) is 40.7 Å². The first-order valence-electron chi connectivity index (χ1n) is 6.00. The van der Waals surface area contributed by atoms with E-state index in [1.807, 2.05) is 17.5 Å². The number of H-pyrrole nitrogens is 1. The maximum absolute atomic E-state index is 4.03. The maximum Gasteiger partial charge on any atom is 0.0522 e. The van der Waals surface area contributed by atoms with Crippen molar-refractivity contribution in [1.82, 2.24) is 15.5 Å². The molecule has 0 aliphatic carbocycles. The molecule has 0 bridgehead atoms. The summed E-state index contributed by atoms with van der Waals surface area (Å²) in [5.74, 6) is 0. The molecule has 2 rings (SSSR count). The summed E-state index contributed by atoms with van der Waals surface area (Å²) in [5.41, 5.74) is 2.53. The molecule has 0 unspecified atom stereocenters. The Morgan fingerprint density at radius 3 is 2.78 bits per heavy atom. The summed E-state index contributed by atoms with van der Waals surface area (Å²) in [6.07, 6.45) is 4.18. The maximum atomic E-state index is 4.03. The van der Waals surface area contributed by atoms with Crippen LogP contribution in [0.1, 0.15) is 27.4 Å². The Morgan fingerprint density at radius 2 is 2.17 bits per heavy atom. The van der Waals surface area contributed by atoms with Gasteiger partial charge in [-0.3, -0.25) is 5.10 Å². The first kappa shape index (κ1) is 15.2. The summed E-state index contributed by atoms with van der Waals surface area (Å²) in [4.78, 5) is 2.80. The zero-order valence-electron chi connectivity index (χ0n) is 10.8. The summed E-state index contributed by atoms with van der Waals surface area (Å²) < 4.78 is 0. The second kappa shape index (κ2) is 7.56. The highest BCUT2D eigenvalue weighted by Gasteiger charge is 2.00. The highest BCUT2D eigenvalue weighted by atomic mass is 35.5. The smallest absolute Gasteiger partial charge is 0.0522 e. The Balaban J connectivity index is 0.00000162. The Hall–Kier alpha value is -0.840. The summed E-state index contributed by atoms with van der Waals surface area (Å²) in [6, 6.07) is 4.38. The average molecular weight is 286 g/mol. The molecule has 2 N–H and O–H groups in total. The Bertz CT molecular complexity index is 464. The van der Waals surface area contributed by atoms with E-state index in [-0.39, 0.29) is 12.4 Å². The van der Waals surface area contributed by atoms with Crippen LogP contribution in [-0.2, 0) is 13.0 Å². The van der Waals surface area contributed by atoms with Gasteiger partial charge in [0.05, 0.1) is 6.20 Å². The van der Waals surface area contributed by atoms with E-state index in [0.717, 1.165) is 25.9 Å². The van der Waals surface area contributed by atoms with Gasteiger partial charge in [-0.1, -0.05) is 0 Å². The Kier molecular flexibility index (Phi) is 6.39. The highest BCUT2D eigenvalue weighted by molar-refractivity contribution is 7.11. The lowest BCUT2D eigenvalue weighted by Gasteiger charge is -2.02.